The van der Waals surface area contributed by atoms with E-state index < -0.39 is 8.56 Å². The van der Waals surface area contributed by atoms with Crippen molar-refractivity contribution < 1.29 is 13.3 Å². The zero-order chi connectivity index (χ0) is 11.9. The van der Waals surface area contributed by atoms with Gasteiger partial charge in [-0.2, -0.15) is 0 Å². The minimum absolute atomic E-state index is 0.729. The Kier molecular flexibility index (Phi) is 5.72. The Hall–Kier alpha value is -0.653. The molecule has 0 N–H and O–H groups in total. The topological polar surface area (TPSA) is 44.5 Å². The van der Waals surface area contributed by atoms with Crippen molar-refractivity contribution in [3.05, 3.63) is 18.4 Å². The summed E-state index contributed by atoms with van der Waals surface area (Å²) in [4.78, 5) is 4.09. The molecule has 1 aromatic rings. The highest BCUT2D eigenvalue weighted by Gasteiger charge is 2.29. The number of aromatic nitrogens is 1. The van der Waals surface area contributed by atoms with E-state index in [0.29, 0.717) is 0 Å². The normalized spacial score (nSPS) is 11.9. The average Bonchev–Trinajstić information content (AvgIpc) is 2.71. The van der Waals surface area contributed by atoms with Gasteiger partial charge in [0, 0.05) is 13.2 Å². The molecule has 0 aliphatic carbocycles. The summed E-state index contributed by atoms with van der Waals surface area (Å²) in [6.07, 6.45) is 5.13. The Labute approximate surface area is 98.2 Å². The zero-order valence-corrected chi connectivity index (χ0v) is 11.4. The lowest BCUT2D eigenvalue weighted by molar-refractivity contribution is 0.188. The number of rotatable bonds is 8. The van der Waals surface area contributed by atoms with Crippen LogP contribution in [0.2, 0.25) is 12.6 Å². The van der Waals surface area contributed by atoms with Crippen molar-refractivity contribution in [2.24, 2.45) is 0 Å². The van der Waals surface area contributed by atoms with E-state index in [1.807, 2.05) is 13.8 Å². The summed E-state index contributed by atoms with van der Waals surface area (Å²) in [5, 5.41) is 0. The molecule has 1 heterocycles. The van der Waals surface area contributed by atoms with Crippen LogP contribution in [0.1, 0.15) is 26.0 Å². The highest BCUT2D eigenvalue weighted by molar-refractivity contribution is 6.66. The number of oxazole rings is 1. The van der Waals surface area contributed by atoms with Crippen molar-refractivity contribution in [1.82, 2.24) is 4.98 Å². The number of hydrogen-bond donors (Lipinski definition) is 0. The fraction of sp³-hybridized carbons (Fsp3) is 0.727. The maximum atomic E-state index is 5.76. The molecule has 16 heavy (non-hydrogen) atoms. The van der Waals surface area contributed by atoms with Crippen LogP contribution in [-0.2, 0) is 15.3 Å². The van der Waals surface area contributed by atoms with Crippen LogP contribution in [0, 0.1) is 0 Å². The smallest absolute Gasteiger partial charge is 0.334 e. The maximum Gasteiger partial charge on any atom is 0.334 e. The van der Waals surface area contributed by atoms with E-state index in [1.165, 1.54) is 6.39 Å². The molecule has 0 radical (unpaired) electrons. The minimum Gasteiger partial charge on any atom is -0.451 e. The Morgan fingerprint density at radius 1 is 1.31 bits per heavy atom. The monoisotopic (exact) mass is 243 g/mol. The predicted molar refractivity (Wildman–Crippen MR) is 64.5 cm³/mol. The Balaban J connectivity index is 2.32. The molecule has 0 saturated heterocycles. The summed E-state index contributed by atoms with van der Waals surface area (Å²) in [7, 11) is -1.94. The van der Waals surface area contributed by atoms with Gasteiger partial charge in [0.05, 0.1) is 5.69 Å². The van der Waals surface area contributed by atoms with E-state index in [4.69, 9.17) is 13.3 Å². The highest BCUT2D eigenvalue weighted by atomic mass is 28.4. The average molecular weight is 243 g/mol. The van der Waals surface area contributed by atoms with Gasteiger partial charge < -0.3 is 13.3 Å². The highest BCUT2D eigenvalue weighted by Crippen LogP contribution is 2.17. The summed E-state index contributed by atoms with van der Waals surface area (Å²) < 4.78 is 16.5. The van der Waals surface area contributed by atoms with E-state index in [1.54, 1.807) is 6.26 Å². The molecule has 0 fully saturated rings. The van der Waals surface area contributed by atoms with Crippen LogP contribution in [-0.4, -0.2) is 26.8 Å². The van der Waals surface area contributed by atoms with Crippen LogP contribution in [0.3, 0.4) is 0 Å². The van der Waals surface area contributed by atoms with Gasteiger partial charge in [-0.15, -0.1) is 0 Å². The molecule has 0 saturated carbocycles. The summed E-state index contributed by atoms with van der Waals surface area (Å²) in [6.45, 7) is 7.62. The first-order valence-corrected chi connectivity index (χ1v) is 8.37. The van der Waals surface area contributed by atoms with Gasteiger partial charge in [0.25, 0.3) is 0 Å². The summed E-state index contributed by atoms with van der Waals surface area (Å²) in [5.41, 5.74) is 1.00. The molecule has 0 unspecified atom stereocenters. The lowest BCUT2D eigenvalue weighted by Gasteiger charge is -2.25. The molecule has 0 bridgehead atoms. The van der Waals surface area contributed by atoms with Gasteiger partial charge in [0.2, 0.25) is 0 Å². The van der Waals surface area contributed by atoms with Gasteiger partial charge in [-0.25, -0.2) is 4.98 Å². The lowest BCUT2D eigenvalue weighted by atomic mass is 10.3. The fourth-order valence-electron chi connectivity index (χ4n) is 1.75. The Morgan fingerprint density at radius 2 is 2.00 bits per heavy atom. The SMILES string of the molecule is CCO[Si](C)(CCCc1cocn1)OCC. The first-order chi connectivity index (χ1) is 7.70. The molecule has 0 aromatic carbocycles. The van der Waals surface area contributed by atoms with Gasteiger partial charge in [-0.1, -0.05) is 0 Å². The van der Waals surface area contributed by atoms with Crippen molar-refractivity contribution in [3.8, 4) is 0 Å². The van der Waals surface area contributed by atoms with E-state index in [-0.39, 0.29) is 0 Å². The number of nitrogens with zero attached hydrogens (tertiary/aromatic N) is 1. The minimum atomic E-state index is -1.94. The van der Waals surface area contributed by atoms with E-state index >= 15 is 0 Å². The van der Waals surface area contributed by atoms with Crippen molar-refractivity contribution in [3.63, 3.8) is 0 Å². The molecule has 0 aliphatic rings. The maximum absolute atomic E-state index is 5.76. The van der Waals surface area contributed by atoms with Gasteiger partial charge >= 0.3 is 8.56 Å². The standard InChI is InChI=1S/C11H21NO3Si/c1-4-14-16(3,15-5-2)8-6-7-11-9-13-10-12-11/h9-10H,4-8H2,1-3H3. The fourth-order valence-corrected chi connectivity index (χ4v) is 4.16. The predicted octanol–water partition coefficient (Wildman–Crippen LogP) is 2.75. The molecular weight excluding hydrogens is 222 g/mol. The molecule has 0 atom stereocenters. The molecule has 5 heteroatoms. The second-order valence-electron chi connectivity index (χ2n) is 3.83. The van der Waals surface area contributed by atoms with Gasteiger partial charge in [-0.3, -0.25) is 0 Å². The quantitative estimate of drug-likeness (QED) is 0.659. The number of aryl methyl sites for hydroxylation is 1. The first kappa shape index (κ1) is 13.4. The Bertz CT molecular complexity index is 271. The molecule has 0 amide bonds. The van der Waals surface area contributed by atoms with Crippen LogP contribution in [0.25, 0.3) is 0 Å². The third kappa shape index (κ3) is 4.47. The van der Waals surface area contributed by atoms with Gasteiger partial charge in [0.1, 0.15) is 6.26 Å². The van der Waals surface area contributed by atoms with Crippen molar-refractivity contribution in [2.45, 2.75) is 39.3 Å². The molecule has 1 rings (SSSR count). The summed E-state index contributed by atoms with van der Waals surface area (Å²) >= 11 is 0. The Morgan fingerprint density at radius 3 is 2.50 bits per heavy atom. The molecule has 0 aliphatic heterocycles. The van der Waals surface area contributed by atoms with Crippen LogP contribution >= 0.6 is 0 Å². The largest absolute Gasteiger partial charge is 0.451 e. The molecular formula is C11H21NO3Si. The van der Waals surface area contributed by atoms with Crippen molar-refractivity contribution in [1.29, 1.82) is 0 Å². The molecule has 92 valence electrons. The second-order valence-corrected chi connectivity index (χ2v) is 7.18. The van der Waals surface area contributed by atoms with Crippen molar-refractivity contribution >= 4 is 8.56 Å². The summed E-state index contributed by atoms with van der Waals surface area (Å²) in [6, 6.07) is 1.00. The van der Waals surface area contributed by atoms with Crippen LogP contribution < -0.4 is 0 Å². The second kappa shape index (κ2) is 6.83. The lowest BCUT2D eigenvalue weighted by Crippen LogP contribution is -2.38. The van der Waals surface area contributed by atoms with Crippen LogP contribution in [0.5, 0.6) is 0 Å². The first-order valence-electron chi connectivity index (χ1n) is 5.85. The summed E-state index contributed by atoms with van der Waals surface area (Å²) in [5.74, 6) is 0. The third-order valence-electron chi connectivity index (χ3n) is 2.45. The van der Waals surface area contributed by atoms with E-state index in [9.17, 15) is 0 Å². The van der Waals surface area contributed by atoms with Gasteiger partial charge in [-0.05, 0) is 39.3 Å². The molecule has 0 spiro atoms. The van der Waals surface area contributed by atoms with E-state index in [2.05, 4.69) is 11.5 Å². The molecule has 4 nitrogen and oxygen atoms in total. The molecule has 1 aromatic heterocycles. The third-order valence-corrected chi connectivity index (χ3v) is 5.51. The number of hydrogen-bond acceptors (Lipinski definition) is 4. The van der Waals surface area contributed by atoms with Crippen LogP contribution in [0.4, 0.5) is 0 Å². The zero-order valence-electron chi connectivity index (χ0n) is 10.4. The van der Waals surface area contributed by atoms with Crippen LogP contribution in [0.15, 0.2) is 17.1 Å². The van der Waals surface area contributed by atoms with Gasteiger partial charge in [0.15, 0.2) is 6.39 Å². The van der Waals surface area contributed by atoms with Crippen molar-refractivity contribution in [2.75, 3.05) is 13.2 Å². The van der Waals surface area contributed by atoms with E-state index in [0.717, 1.165) is 37.8 Å².